The minimum absolute atomic E-state index is 0.0465. The van der Waals surface area contributed by atoms with Gasteiger partial charge in [0, 0.05) is 18.5 Å². The van der Waals surface area contributed by atoms with E-state index in [1.54, 1.807) is 6.07 Å². The van der Waals surface area contributed by atoms with Gasteiger partial charge in [-0.25, -0.2) is 0 Å². The second-order valence-corrected chi connectivity index (χ2v) is 7.31. The lowest BCUT2D eigenvalue weighted by Gasteiger charge is -2.19. The highest BCUT2D eigenvalue weighted by molar-refractivity contribution is 5.95. The summed E-state index contributed by atoms with van der Waals surface area (Å²) in [6.07, 6.45) is 0.187. The maximum Gasteiger partial charge on any atom is 0.251 e. The SMILES string of the molecule is CCOc1ccccc1NC(=O)CCNC(=O)c1ccc(C(C)(C)C)cc1. The lowest BCUT2D eigenvalue weighted by atomic mass is 9.87. The molecule has 2 N–H and O–H groups in total. The summed E-state index contributed by atoms with van der Waals surface area (Å²) >= 11 is 0. The van der Waals surface area contributed by atoms with Crippen molar-refractivity contribution in [3.8, 4) is 5.75 Å². The van der Waals surface area contributed by atoms with Gasteiger partial charge < -0.3 is 15.4 Å². The number of nitrogens with one attached hydrogen (secondary N) is 2. The van der Waals surface area contributed by atoms with E-state index in [2.05, 4.69) is 31.4 Å². The molecule has 144 valence electrons. The van der Waals surface area contributed by atoms with Crippen LogP contribution >= 0.6 is 0 Å². The molecule has 0 aromatic heterocycles. The van der Waals surface area contributed by atoms with Gasteiger partial charge in [0.25, 0.3) is 5.91 Å². The van der Waals surface area contributed by atoms with Crippen LogP contribution in [0.3, 0.4) is 0 Å². The van der Waals surface area contributed by atoms with Gasteiger partial charge in [0.2, 0.25) is 5.91 Å². The van der Waals surface area contributed by atoms with Gasteiger partial charge in [0.05, 0.1) is 12.3 Å². The first kappa shape index (κ1) is 20.5. The summed E-state index contributed by atoms with van der Waals surface area (Å²) in [6, 6.07) is 14.8. The van der Waals surface area contributed by atoms with Gasteiger partial charge >= 0.3 is 0 Å². The van der Waals surface area contributed by atoms with E-state index in [1.807, 2.05) is 49.4 Å². The van der Waals surface area contributed by atoms with Gasteiger partial charge in [-0.2, -0.15) is 0 Å². The van der Waals surface area contributed by atoms with E-state index < -0.39 is 0 Å². The molecule has 0 spiro atoms. The number of carbonyl (C=O) groups excluding carboxylic acids is 2. The minimum Gasteiger partial charge on any atom is -0.492 e. The number of carbonyl (C=O) groups is 2. The molecule has 0 fully saturated rings. The molecular formula is C22H28N2O3. The van der Waals surface area contributed by atoms with Gasteiger partial charge in [0.15, 0.2) is 0 Å². The summed E-state index contributed by atoms with van der Waals surface area (Å²) in [4.78, 5) is 24.3. The first-order valence-corrected chi connectivity index (χ1v) is 9.21. The summed E-state index contributed by atoms with van der Waals surface area (Å²) < 4.78 is 5.49. The molecule has 0 unspecified atom stereocenters. The third-order valence-corrected chi connectivity index (χ3v) is 4.11. The van der Waals surface area contributed by atoms with E-state index in [-0.39, 0.29) is 30.2 Å². The van der Waals surface area contributed by atoms with E-state index in [4.69, 9.17) is 4.74 Å². The Morgan fingerprint density at radius 3 is 2.30 bits per heavy atom. The number of hydrogen-bond acceptors (Lipinski definition) is 3. The Bertz CT molecular complexity index is 777. The standard InChI is InChI=1S/C22H28N2O3/c1-5-27-19-9-7-6-8-18(19)24-20(25)14-15-23-21(26)16-10-12-17(13-11-16)22(2,3)4/h6-13H,5,14-15H2,1-4H3,(H,23,26)(H,24,25). The Labute approximate surface area is 161 Å². The second kappa shape index (κ2) is 9.21. The van der Waals surface area contributed by atoms with E-state index in [0.29, 0.717) is 23.6 Å². The smallest absolute Gasteiger partial charge is 0.251 e. The summed E-state index contributed by atoms with van der Waals surface area (Å²) in [5.74, 6) is 0.278. The van der Waals surface area contributed by atoms with Crippen LogP contribution in [0.1, 0.15) is 50.0 Å². The van der Waals surface area contributed by atoms with Crippen LogP contribution in [-0.4, -0.2) is 25.0 Å². The van der Waals surface area contributed by atoms with Crippen LogP contribution in [-0.2, 0) is 10.2 Å². The quantitative estimate of drug-likeness (QED) is 0.772. The van der Waals surface area contributed by atoms with Crippen LogP contribution in [0.4, 0.5) is 5.69 Å². The predicted molar refractivity (Wildman–Crippen MR) is 108 cm³/mol. The maximum atomic E-state index is 12.2. The number of anilines is 1. The van der Waals surface area contributed by atoms with Crippen molar-refractivity contribution in [2.75, 3.05) is 18.5 Å². The molecule has 5 heteroatoms. The van der Waals surface area contributed by atoms with E-state index in [9.17, 15) is 9.59 Å². The number of ether oxygens (including phenoxy) is 1. The molecule has 0 bridgehead atoms. The van der Waals surface area contributed by atoms with Crippen molar-refractivity contribution in [3.05, 3.63) is 59.7 Å². The van der Waals surface area contributed by atoms with Gasteiger partial charge in [-0.3, -0.25) is 9.59 Å². The summed E-state index contributed by atoms with van der Waals surface area (Å²) in [7, 11) is 0. The molecule has 0 aliphatic carbocycles. The highest BCUT2D eigenvalue weighted by atomic mass is 16.5. The third-order valence-electron chi connectivity index (χ3n) is 4.11. The zero-order valence-electron chi connectivity index (χ0n) is 16.5. The van der Waals surface area contributed by atoms with Crippen LogP contribution < -0.4 is 15.4 Å². The van der Waals surface area contributed by atoms with Gasteiger partial charge in [-0.05, 0) is 42.2 Å². The van der Waals surface area contributed by atoms with E-state index in [1.165, 1.54) is 5.56 Å². The van der Waals surface area contributed by atoms with Gasteiger partial charge in [-0.15, -0.1) is 0 Å². The summed E-state index contributed by atoms with van der Waals surface area (Å²) in [6.45, 7) is 9.07. The molecule has 5 nitrogen and oxygen atoms in total. The van der Waals surface area contributed by atoms with Crippen molar-refractivity contribution in [2.24, 2.45) is 0 Å². The number of benzene rings is 2. The molecule has 2 rings (SSSR count). The maximum absolute atomic E-state index is 12.2. The Balaban J connectivity index is 1.83. The van der Waals surface area contributed by atoms with Crippen LogP contribution in [0.5, 0.6) is 5.75 Å². The third kappa shape index (κ3) is 6.13. The molecule has 2 aromatic rings. The Morgan fingerprint density at radius 2 is 1.67 bits per heavy atom. The Kier molecular flexibility index (Phi) is 6.99. The van der Waals surface area contributed by atoms with Crippen molar-refractivity contribution in [1.29, 1.82) is 0 Å². The zero-order chi connectivity index (χ0) is 19.9. The molecule has 27 heavy (non-hydrogen) atoms. The van der Waals surface area contributed by atoms with Crippen LogP contribution in [0.25, 0.3) is 0 Å². The fraction of sp³-hybridized carbons (Fsp3) is 0.364. The normalized spacial score (nSPS) is 11.0. The van der Waals surface area contributed by atoms with Crippen LogP contribution in [0, 0.1) is 0 Å². The Morgan fingerprint density at radius 1 is 1.00 bits per heavy atom. The molecule has 0 radical (unpaired) electrons. The predicted octanol–water partition coefficient (Wildman–Crippen LogP) is 4.14. The van der Waals surface area contributed by atoms with Crippen LogP contribution in [0.15, 0.2) is 48.5 Å². The summed E-state index contributed by atoms with van der Waals surface area (Å²) in [5.41, 5.74) is 2.44. The molecule has 0 aliphatic heterocycles. The molecule has 2 aromatic carbocycles. The highest BCUT2D eigenvalue weighted by Gasteiger charge is 2.14. The highest BCUT2D eigenvalue weighted by Crippen LogP contribution is 2.24. The molecule has 0 saturated heterocycles. The van der Waals surface area contributed by atoms with Gasteiger partial charge in [0.1, 0.15) is 5.75 Å². The Hall–Kier alpha value is -2.82. The van der Waals surface area contributed by atoms with Crippen LogP contribution in [0.2, 0.25) is 0 Å². The number of hydrogen-bond donors (Lipinski definition) is 2. The summed E-state index contributed by atoms with van der Waals surface area (Å²) in [5, 5.41) is 5.60. The van der Waals surface area contributed by atoms with Crippen molar-refractivity contribution in [1.82, 2.24) is 5.32 Å². The largest absolute Gasteiger partial charge is 0.492 e. The number of para-hydroxylation sites is 2. The second-order valence-electron chi connectivity index (χ2n) is 7.31. The molecule has 2 amide bonds. The average Bonchev–Trinajstić information content (AvgIpc) is 2.63. The molecule has 0 heterocycles. The number of amides is 2. The molecule has 0 atom stereocenters. The monoisotopic (exact) mass is 368 g/mol. The van der Waals surface area contributed by atoms with Gasteiger partial charge in [-0.1, -0.05) is 45.0 Å². The fourth-order valence-corrected chi connectivity index (χ4v) is 2.58. The van der Waals surface area contributed by atoms with Crippen molar-refractivity contribution >= 4 is 17.5 Å². The fourth-order valence-electron chi connectivity index (χ4n) is 2.58. The van der Waals surface area contributed by atoms with Crippen molar-refractivity contribution in [2.45, 2.75) is 39.5 Å². The lowest BCUT2D eigenvalue weighted by Crippen LogP contribution is -2.27. The van der Waals surface area contributed by atoms with Crippen molar-refractivity contribution in [3.63, 3.8) is 0 Å². The van der Waals surface area contributed by atoms with E-state index in [0.717, 1.165) is 0 Å². The first-order chi connectivity index (χ1) is 12.8. The topological polar surface area (TPSA) is 67.4 Å². The first-order valence-electron chi connectivity index (χ1n) is 9.21. The lowest BCUT2D eigenvalue weighted by molar-refractivity contribution is -0.116. The number of rotatable bonds is 7. The van der Waals surface area contributed by atoms with Crippen molar-refractivity contribution < 1.29 is 14.3 Å². The zero-order valence-corrected chi connectivity index (χ0v) is 16.5. The average molecular weight is 368 g/mol. The van der Waals surface area contributed by atoms with E-state index >= 15 is 0 Å². The molecule has 0 aliphatic rings. The minimum atomic E-state index is -0.182. The molecule has 0 saturated carbocycles. The molecular weight excluding hydrogens is 340 g/mol.